The summed E-state index contributed by atoms with van der Waals surface area (Å²) in [7, 11) is -8.12. The van der Waals surface area contributed by atoms with Crippen LogP contribution in [-0.4, -0.2) is 36.6 Å². The Kier molecular flexibility index (Phi) is 8.00. The van der Waals surface area contributed by atoms with Gasteiger partial charge in [-0.25, -0.2) is 0 Å². The Morgan fingerprint density at radius 1 is 0.789 bits per heavy atom. The molecule has 0 saturated heterocycles. The van der Waals surface area contributed by atoms with Gasteiger partial charge in [-0.3, -0.25) is 9.13 Å². The van der Waals surface area contributed by atoms with Gasteiger partial charge in [0.25, 0.3) is 5.08 Å². The van der Waals surface area contributed by atoms with Crippen LogP contribution in [0.2, 0.25) is 0 Å². The highest BCUT2D eigenvalue weighted by Crippen LogP contribution is 2.76. The molecule has 0 heterocycles. The molecular weight excluding hydrogens is 294 g/mol. The normalized spacial score (nSPS) is 13.8. The van der Waals surface area contributed by atoms with E-state index >= 15 is 0 Å². The molecule has 9 heteroatoms. The second kappa shape index (κ2) is 7.89. The lowest BCUT2D eigenvalue weighted by Gasteiger charge is -2.35. The van der Waals surface area contributed by atoms with Gasteiger partial charge < -0.3 is 23.2 Å². The van der Waals surface area contributed by atoms with Crippen LogP contribution >= 0.6 is 15.2 Å². The minimum atomic E-state index is -4.06. The second-order valence-corrected chi connectivity index (χ2v) is 8.75. The van der Waals surface area contributed by atoms with Crippen LogP contribution in [0.5, 0.6) is 0 Å². The first kappa shape index (κ1) is 19.3. The van der Waals surface area contributed by atoms with Crippen LogP contribution in [0, 0.1) is 0 Å². The molecule has 116 valence electrons. The third-order valence-electron chi connectivity index (χ3n) is 2.23. The van der Waals surface area contributed by atoms with Gasteiger partial charge in [0.1, 0.15) is 0 Å². The van der Waals surface area contributed by atoms with Gasteiger partial charge in [0.2, 0.25) is 0 Å². The first-order valence-electron chi connectivity index (χ1n) is 6.25. The highest BCUT2D eigenvalue weighted by atomic mass is 31.2. The zero-order valence-corrected chi connectivity index (χ0v) is 13.9. The smallest absolute Gasteiger partial charge is 0.368 e. The minimum absolute atomic E-state index is 0.0334. The molecule has 0 atom stereocenters. The van der Waals surface area contributed by atoms with Gasteiger partial charge in [-0.15, -0.1) is 0 Å². The van der Waals surface area contributed by atoms with Crippen molar-refractivity contribution in [1.29, 1.82) is 0 Å². The van der Waals surface area contributed by atoms with E-state index in [0.717, 1.165) is 6.92 Å². The van der Waals surface area contributed by atoms with Crippen molar-refractivity contribution in [2.24, 2.45) is 0 Å². The molecule has 0 aromatic carbocycles. The molecule has 0 aliphatic carbocycles. The fourth-order valence-corrected chi connectivity index (χ4v) is 5.77. The molecule has 19 heavy (non-hydrogen) atoms. The van der Waals surface area contributed by atoms with Crippen molar-refractivity contribution in [2.75, 3.05) is 26.4 Å². The van der Waals surface area contributed by atoms with Crippen LogP contribution in [0.4, 0.5) is 0 Å². The van der Waals surface area contributed by atoms with Crippen LogP contribution in [0.1, 0.15) is 34.6 Å². The molecule has 0 radical (unpaired) electrons. The zero-order chi connectivity index (χ0) is 15.2. The van der Waals surface area contributed by atoms with Crippen molar-refractivity contribution in [3.8, 4) is 0 Å². The van der Waals surface area contributed by atoms with E-state index in [0.29, 0.717) is 0 Å². The van der Waals surface area contributed by atoms with Gasteiger partial charge >= 0.3 is 15.2 Å². The second-order valence-electron chi connectivity index (χ2n) is 3.64. The Bertz CT molecular complexity index is 304. The van der Waals surface area contributed by atoms with E-state index < -0.39 is 20.3 Å². The van der Waals surface area contributed by atoms with Crippen LogP contribution in [0.25, 0.3) is 0 Å². The summed E-state index contributed by atoms with van der Waals surface area (Å²) in [5.74, 6) is 0. The van der Waals surface area contributed by atoms with E-state index in [-0.39, 0.29) is 26.4 Å². The average molecular weight is 318 g/mol. The molecule has 0 saturated carbocycles. The molecule has 7 nitrogen and oxygen atoms in total. The third-order valence-corrected chi connectivity index (χ3v) is 8.17. The highest BCUT2D eigenvalue weighted by Gasteiger charge is 2.61. The quantitative estimate of drug-likeness (QED) is 0.618. The number of hydrogen-bond acceptors (Lipinski definition) is 7. The van der Waals surface area contributed by atoms with Gasteiger partial charge in [-0.2, -0.15) is 0 Å². The van der Waals surface area contributed by atoms with E-state index in [1.165, 1.54) is 0 Å². The Morgan fingerprint density at radius 3 is 1.16 bits per heavy atom. The lowest BCUT2D eigenvalue weighted by Crippen LogP contribution is -2.29. The van der Waals surface area contributed by atoms with E-state index in [9.17, 15) is 14.2 Å². The summed E-state index contributed by atoms with van der Waals surface area (Å²) in [6.07, 6.45) is 0. The van der Waals surface area contributed by atoms with Crippen molar-refractivity contribution in [1.82, 2.24) is 0 Å². The molecule has 1 N–H and O–H groups in total. The van der Waals surface area contributed by atoms with Crippen molar-refractivity contribution in [3.63, 3.8) is 0 Å². The summed E-state index contributed by atoms with van der Waals surface area (Å²) in [5.41, 5.74) is 0. The Balaban J connectivity index is 5.59. The van der Waals surface area contributed by atoms with Crippen molar-refractivity contribution >= 4 is 15.2 Å². The Morgan fingerprint density at radius 2 is 1.00 bits per heavy atom. The predicted molar refractivity (Wildman–Crippen MR) is 72.3 cm³/mol. The van der Waals surface area contributed by atoms with Crippen LogP contribution in [-0.2, 0) is 27.2 Å². The summed E-state index contributed by atoms with van der Waals surface area (Å²) >= 11 is 0. The third kappa shape index (κ3) is 4.11. The standard InChI is InChI=1S/C10H24O7P2/c1-6-14-18(12,15-7-2)10(5,11)19(13,16-8-3)17-9-4/h11H,6-9H2,1-5H3. The van der Waals surface area contributed by atoms with E-state index in [1.807, 2.05) is 0 Å². The fourth-order valence-electron chi connectivity index (χ4n) is 1.39. The monoisotopic (exact) mass is 318 g/mol. The molecule has 0 unspecified atom stereocenters. The highest BCUT2D eigenvalue weighted by molar-refractivity contribution is 7.73. The lowest BCUT2D eigenvalue weighted by atomic mass is 10.9. The van der Waals surface area contributed by atoms with Crippen molar-refractivity contribution in [2.45, 2.75) is 39.7 Å². The zero-order valence-electron chi connectivity index (χ0n) is 12.1. The maximum absolute atomic E-state index is 12.6. The molecule has 0 bridgehead atoms. The van der Waals surface area contributed by atoms with Gasteiger partial charge in [0.15, 0.2) is 0 Å². The van der Waals surface area contributed by atoms with Crippen molar-refractivity contribution < 1.29 is 32.3 Å². The number of hydrogen-bond donors (Lipinski definition) is 1. The largest absolute Gasteiger partial charge is 0.374 e. The van der Waals surface area contributed by atoms with Gasteiger partial charge in [-0.1, -0.05) is 0 Å². The first-order valence-corrected chi connectivity index (χ1v) is 9.33. The van der Waals surface area contributed by atoms with E-state index in [1.54, 1.807) is 27.7 Å². The fraction of sp³-hybridized carbons (Fsp3) is 1.00. The molecule has 0 aromatic heterocycles. The minimum Gasteiger partial charge on any atom is -0.368 e. The summed E-state index contributed by atoms with van der Waals surface area (Å²) < 4.78 is 45.3. The predicted octanol–water partition coefficient (Wildman–Crippen LogP) is 3.18. The summed E-state index contributed by atoms with van der Waals surface area (Å²) in [4.78, 5) is 0. The van der Waals surface area contributed by atoms with Gasteiger partial charge in [-0.05, 0) is 34.6 Å². The summed E-state index contributed by atoms with van der Waals surface area (Å²) in [5, 5.41) is 8.09. The van der Waals surface area contributed by atoms with Gasteiger partial charge in [0.05, 0.1) is 26.4 Å². The van der Waals surface area contributed by atoms with Crippen molar-refractivity contribution in [3.05, 3.63) is 0 Å². The summed E-state index contributed by atoms with van der Waals surface area (Å²) in [6.45, 7) is 7.59. The SMILES string of the molecule is CCOP(=O)(OCC)C(C)(O)P(=O)(OCC)OCC. The Hall–Kier alpha value is 0.260. The molecule has 0 fully saturated rings. The molecular formula is C10H24O7P2. The van der Waals surface area contributed by atoms with E-state index in [2.05, 4.69) is 0 Å². The molecule has 0 aromatic rings. The first-order chi connectivity index (χ1) is 8.74. The number of aliphatic hydroxyl groups is 1. The van der Waals surface area contributed by atoms with Crippen LogP contribution in [0.15, 0.2) is 0 Å². The molecule has 0 rings (SSSR count). The van der Waals surface area contributed by atoms with Gasteiger partial charge in [0, 0.05) is 0 Å². The molecule has 0 amide bonds. The van der Waals surface area contributed by atoms with E-state index in [4.69, 9.17) is 18.1 Å². The topological polar surface area (TPSA) is 91.3 Å². The maximum atomic E-state index is 12.6. The average Bonchev–Trinajstić information content (AvgIpc) is 2.29. The lowest BCUT2D eigenvalue weighted by molar-refractivity contribution is 0.0933. The molecule has 0 aliphatic heterocycles. The molecule has 0 spiro atoms. The van der Waals surface area contributed by atoms with Crippen LogP contribution in [0.3, 0.4) is 0 Å². The summed E-state index contributed by atoms with van der Waals surface area (Å²) in [6, 6.07) is 0. The maximum Gasteiger partial charge on any atom is 0.374 e. The Labute approximate surface area is 114 Å². The van der Waals surface area contributed by atoms with Crippen LogP contribution < -0.4 is 0 Å². The molecule has 0 aliphatic rings. The number of rotatable bonds is 10.